The van der Waals surface area contributed by atoms with Crippen LogP contribution in [0.15, 0.2) is 30.3 Å². The summed E-state index contributed by atoms with van der Waals surface area (Å²) < 4.78 is 0. The van der Waals surface area contributed by atoms with Gasteiger partial charge in [0.25, 0.3) is 0 Å². The summed E-state index contributed by atoms with van der Waals surface area (Å²) in [7, 11) is 2.15. The number of nitrogens with zero attached hydrogens (tertiary/aromatic N) is 3. The zero-order valence-electron chi connectivity index (χ0n) is 13.3. The molecule has 1 unspecified atom stereocenters. The van der Waals surface area contributed by atoms with Gasteiger partial charge in [-0.3, -0.25) is 10.2 Å². The number of hydrogen-bond acceptors (Lipinski definition) is 4. The van der Waals surface area contributed by atoms with Crippen molar-refractivity contribution in [2.24, 2.45) is 0 Å². The van der Waals surface area contributed by atoms with Crippen LogP contribution in [-0.2, 0) is 5.54 Å². The van der Waals surface area contributed by atoms with Crippen LogP contribution in [0.1, 0.15) is 19.4 Å². The van der Waals surface area contributed by atoms with E-state index in [1.165, 1.54) is 0 Å². The molecule has 0 bridgehead atoms. The fourth-order valence-electron chi connectivity index (χ4n) is 2.91. The minimum Gasteiger partial charge on any atom is -0.304 e. The van der Waals surface area contributed by atoms with Crippen molar-refractivity contribution in [1.82, 2.24) is 15.1 Å². The van der Waals surface area contributed by atoms with Crippen LogP contribution in [-0.4, -0.2) is 55.6 Å². The Balaban J connectivity index is 2.21. The van der Waals surface area contributed by atoms with Gasteiger partial charge in [0.15, 0.2) is 0 Å². The van der Waals surface area contributed by atoms with Crippen LogP contribution < -0.4 is 5.32 Å². The fraction of sp³-hybridized carbons (Fsp3) is 0.588. The van der Waals surface area contributed by atoms with Crippen LogP contribution in [0.25, 0.3) is 0 Å². The molecule has 21 heavy (non-hydrogen) atoms. The second kappa shape index (κ2) is 7.04. The van der Waals surface area contributed by atoms with Gasteiger partial charge in [-0.05, 0) is 26.5 Å². The number of benzene rings is 1. The van der Waals surface area contributed by atoms with Crippen molar-refractivity contribution in [1.29, 1.82) is 5.26 Å². The van der Waals surface area contributed by atoms with Crippen molar-refractivity contribution in [2.45, 2.75) is 25.4 Å². The maximum atomic E-state index is 9.91. The molecule has 1 N–H and O–H groups in total. The third-order valence-corrected chi connectivity index (χ3v) is 4.05. The lowest BCUT2D eigenvalue weighted by molar-refractivity contribution is 0.126. The quantitative estimate of drug-likeness (QED) is 0.894. The Morgan fingerprint density at radius 1 is 1.19 bits per heavy atom. The summed E-state index contributed by atoms with van der Waals surface area (Å²) in [4.78, 5) is 4.73. The maximum absolute atomic E-state index is 9.91. The number of hydrogen-bond donors (Lipinski definition) is 1. The predicted molar refractivity (Wildman–Crippen MR) is 85.9 cm³/mol. The lowest BCUT2D eigenvalue weighted by atomic mass is 9.89. The van der Waals surface area contributed by atoms with Crippen LogP contribution in [0.2, 0.25) is 0 Å². The van der Waals surface area contributed by atoms with Crippen molar-refractivity contribution in [2.75, 3.05) is 39.8 Å². The molecule has 0 spiro atoms. The highest BCUT2D eigenvalue weighted by molar-refractivity contribution is 5.32. The van der Waals surface area contributed by atoms with Gasteiger partial charge >= 0.3 is 0 Å². The number of piperazine rings is 1. The lowest BCUT2D eigenvalue weighted by Gasteiger charge is -2.39. The summed E-state index contributed by atoms with van der Waals surface area (Å²) in [5, 5.41) is 13.4. The molecule has 1 saturated heterocycles. The second-order valence-corrected chi connectivity index (χ2v) is 6.26. The first-order valence-electron chi connectivity index (χ1n) is 7.71. The number of likely N-dealkylation sites (N-methyl/N-ethyl adjacent to an activating group) is 1. The summed E-state index contributed by atoms with van der Waals surface area (Å²) in [6, 6.07) is 12.9. The molecule has 1 aromatic carbocycles. The molecule has 1 aliphatic rings. The first kappa shape index (κ1) is 16.0. The van der Waals surface area contributed by atoms with E-state index >= 15 is 0 Å². The van der Waals surface area contributed by atoms with E-state index in [0.29, 0.717) is 0 Å². The van der Waals surface area contributed by atoms with Gasteiger partial charge in [0.1, 0.15) is 5.54 Å². The van der Waals surface area contributed by atoms with E-state index in [4.69, 9.17) is 0 Å². The van der Waals surface area contributed by atoms with E-state index in [1.54, 1.807) is 0 Å². The Morgan fingerprint density at radius 3 is 2.33 bits per heavy atom. The molecule has 4 nitrogen and oxygen atoms in total. The summed E-state index contributed by atoms with van der Waals surface area (Å²) in [6.07, 6.45) is 0. The highest BCUT2D eigenvalue weighted by atomic mass is 15.3. The smallest absolute Gasteiger partial charge is 0.145 e. The van der Waals surface area contributed by atoms with E-state index < -0.39 is 5.54 Å². The van der Waals surface area contributed by atoms with E-state index in [-0.39, 0.29) is 6.04 Å². The molecule has 0 radical (unpaired) electrons. The Labute approximate surface area is 128 Å². The van der Waals surface area contributed by atoms with Crippen molar-refractivity contribution in [3.05, 3.63) is 35.9 Å². The van der Waals surface area contributed by atoms with Crippen LogP contribution in [0.4, 0.5) is 0 Å². The molecule has 0 amide bonds. The van der Waals surface area contributed by atoms with Gasteiger partial charge in [-0.2, -0.15) is 5.26 Å². The molecule has 1 atom stereocenters. The fourth-order valence-corrected chi connectivity index (χ4v) is 2.91. The first-order chi connectivity index (χ1) is 10.1. The van der Waals surface area contributed by atoms with Gasteiger partial charge < -0.3 is 4.90 Å². The topological polar surface area (TPSA) is 42.3 Å². The maximum Gasteiger partial charge on any atom is 0.145 e. The number of nitriles is 1. The zero-order chi connectivity index (χ0) is 15.3. The van der Waals surface area contributed by atoms with Gasteiger partial charge in [-0.15, -0.1) is 0 Å². The third-order valence-electron chi connectivity index (χ3n) is 4.05. The highest BCUT2D eigenvalue weighted by Crippen LogP contribution is 2.23. The van der Waals surface area contributed by atoms with Crippen LogP contribution in [0.3, 0.4) is 0 Å². The van der Waals surface area contributed by atoms with Crippen LogP contribution in [0, 0.1) is 11.3 Å². The van der Waals surface area contributed by atoms with Crippen molar-refractivity contribution < 1.29 is 0 Å². The lowest BCUT2D eigenvalue weighted by Crippen LogP contribution is -2.56. The molecule has 0 aliphatic carbocycles. The largest absolute Gasteiger partial charge is 0.304 e. The molecule has 1 aliphatic heterocycles. The average molecular weight is 286 g/mol. The molecule has 2 rings (SSSR count). The van der Waals surface area contributed by atoms with Crippen molar-refractivity contribution in [3.63, 3.8) is 0 Å². The normalized spacial score (nSPS) is 20.1. The van der Waals surface area contributed by atoms with E-state index in [2.05, 4.69) is 54.2 Å². The second-order valence-electron chi connectivity index (χ2n) is 6.26. The Kier molecular flexibility index (Phi) is 5.35. The molecule has 4 heteroatoms. The van der Waals surface area contributed by atoms with Gasteiger partial charge in [0.05, 0.1) is 6.07 Å². The molecular weight excluding hydrogens is 260 g/mol. The van der Waals surface area contributed by atoms with Crippen LogP contribution >= 0.6 is 0 Å². The standard InChI is InChI=1S/C17H26N4/c1-15(2)19-17(13-18,16-7-5-4-6-8-16)14-21-11-9-20(3)10-12-21/h4-8,15,19H,9-12,14H2,1-3H3. The molecule has 0 saturated carbocycles. The van der Waals surface area contributed by atoms with Gasteiger partial charge in [-0.25, -0.2) is 0 Å². The number of nitrogens with one attached hydrogen (secondary N) is 1. The molecule has 1 aromatic rings. The molecule has 1 fully saturated rings. The molecular formula is C17H26N4. The Hall–Kier alpha value is -1.41. The highest BCUT2D eigenvalue weighted by Gasteiger charge is 2.35. The minimum absolute atomic E-state index is 0.261. The molecule has 0 aromatic heterocycles. The monoisotopic (exact) mass is 286 g/mol. The Morgan fingerprint density at radius 2 is 1.81 bits per heavy atom. The van der Waals surface area contributed by atoms with E-state index in [0.717, 1.165) is 38.3 Å². The van der Waals surface area contributed by atoms with Gasteiger partial charge in [0.2, 0.25) is 0 Å². The third kappa shape index (κ3) is 4.04. The van der Waals surface area contributed by atoms with Crippen LogP contribution in [0.5, 0.6) is 0 Å². The minimum atomic E-state index is -0.634. The predicted octanol–water partition coefficient (Wildman–Crippen LogP) is 1.65. The molecule has 1 heterocycles. The van der Waals surface area contributed by atoms with Crippen molar-refractivity contribution in [3.8, 4) is 6.07 Å². The first-order valence-corrected chi connectivity index (χ1v) is 7.71. The SMILES string of the molecule is CC(C)NC(C#N)(CN1CCN(C)CC1)c1ccccc1. The van der Waals surface area contributed by atoms with Gasteiger partial charge in [0, 0.05) is 38.8 Å². The summed E-state index contributed by atoms with van der Waals surface area (Å²) in [5.74, 6) is 0. The Bertz CT molecular complexity index is 471. The summed E-state index contributed by atoms with van der Waals surface area (Å²) >= 11 is 0. The summed E-state index contributed by atoms with van der Waals surface area (Å²) in [5.41, 5.74) is 0.422. The average Bonchev–Trinajstić information content (AvgIpc) is 2.49. The summed E-state index contributed by atoms with van der Waals surface area (Å²) in [6.45, 7) is 9.10. The zero-order valence-corrected chi connectivity index (χ0v) is 13.3. The van der Waals surface area contributed by atoms with E-state index in [9.17, 15) is 5.26 Å². The molecule has 114 valence electrons. The van der Waals surface area contributed by atoms with Crippen molar-refractivity contribution >= 4 is 0 Å². The van der Waals surface area contributed by atoms with Gasteiger partial charge in [-0.1, -0.05) is 30.3 Å². The number of rotatable bonds is 5. The van der Waals surface area contributed by atoms with E-state index in [1.807, 2.05) is 18.2 Å².